The Morgan fingerprint density at radius 3 is 2.33 bits per heavy atom. The first kappa shape index (κ1) is 12.5. The zero-order chi connectivity index (χ0) is 11.3. The number of sulfonamides is 1. The Hall–Kier alpha value is -0.580. The van der Waals surface area contributed by atoms with Crippen LogP contribution in [-0.2, 0) is 16.4 Å². The van der Waals surface area contributed by atoms with Gasteiger partial charge >= 0.3 is 0 Å². The van der Waals surface area contributed by atoms with E-state index in [1.165, 1.54) is 7.05 Å². The van der Waals surface area contributed by atoms with Gasteiger partial charge in [-0.05, 0) is 37.6 Å². The van der Waals surface area contributed by atoms with Crippen LogP contribution in [0.5, 0.6) is 0 Å². The highest BCUT2D eigenvalue weighted by Crippen LogP contribution is 2.11. The van der Waals surface area contributed by atoms with Crippen LogP contribution in [-0.4, -0.2) is 21.3 Å². The molecule has 0 spiro atoms. The van der Waals surface area contributed by atoms with Crippen LogP contribution in [0.25, 0.3) is 0 Å². The summed E-state index contributed by atoms with van der Waals surface area (Å²) >= 11 is 5.57. The van der Waals surface area contributed by atoms with Gasteiger partial charge in [0.1, 0.15) is 0 Å². The van der Waals surface area contributed by atoms with Crippen LogP contribution in [0.2, 0.25) is 0 Å². The molecule has 0 fully saturated rings. The molecule has 0 atom stereocenters. The summed E-state index contributed by atoms with van der Waals surface area (Å²) in [7, 11) is -1.91. The van der Waals surface area contributed by atoms with Crippen molar-refractivity contribution in [3.63, 3.8) is 0 Å². The molecule has 0 saturated heterocycles. The molecular formula is C10H14ClNO2S. The van der Waals surface area contributed by atoms with Gasteiger partial charge in [-0.15, -0.1) is 11.6 Å². The van der Waals surface area contributed by atoms with Crippen LogP contribution >= 0.6 is 11.6 Å². The summed E-state index contributed by atoms with van der Waals surface area (Å²) in [5.74, 6) is 0.622. The largest absolute Gasteiger partial charge is 0.240 e. The predicted octanol–water partition coefficient (Wildman–Crippen LogP) is 1.77. The summed E-state index contributed by atoms with van der Waals surface area (Å²) in [4.78, 5) is 0.291. The number of alkyl halides is 1. The van der Waals surface area contributed by atoms with Gasteiger partial charge in [-0.2, -0.15) is 0 Å². The van der Waals surface area contributed by atoms with E-state index >= 15 is 0 Å². The molecule has 0 aliphatic heterocycles. The van der Waals surface area contributed by atoms with Crippen LogP contribution in [0.4, 0.5) is 0 Å². The molecule has 0 saturated carbocycles. The molecular weight excluding hydrogens is 234 g/mol. The van der Waals surface area contributed by atoms with Crippen molar-refractivity contribution in [1.82, 2.24) is 4.72 Å². The minimum Gasteiger partial charge on any atom is -0.214 e. The first-order chi connectivity index (χ1) is 7.10. The molecule has 5 heteroatoms. The van der Waals surface area contributed by atoms with Gasteiger partial charge in [0.25, 0.3) is 0 Å². The Bertz CT molecular complexity index is 400. The van der Waals surface area contributed by atoms with Gasteiger partial charge in [-0.1, -0.05) is 12.1 Å². The van der Waals surface area contributed by atoms with E-state index in [0.29, 0.717) is 10.8 Å². The Morgan fingerprint density at radius 2 is 1.87 bits per heavy atom. The maximum Gasteiger partial charge on any atom is 0.240 e. The Kier molecular flexibility index (Phi) is 4.57. The fourth-order valence-corrected chi connectivity index (χ4v) is 2.09. The predicted molar refractivity (Wildman–Crippen MR) is 61.7 cm³/mol. The Balaban J connectivity index is 2.81. The second-order valence-corrected chi connectivity index (χ2v) is 5.41. The van der Waals surface area contributed by atoms with E-state index in [4.69, 9.17) is 11.6 Å². The molecule has 0 aliphatic rings. The topological polar surface area (TPSA) is 46.2 Å². The van der Waals surface area contributed by atoms with E-state index in [-0.39, 0.29) is 0 Å². The minimum atomic E-state index is -3.31. The molecule has 0 aromatic heterocycles. The highest BCUT2D eigenvalue weighted by atomic mass is 35.5. The van der Waals surface area contributed by atoms with E-state index in [2.05, 4.69) is 4.72 Å². The van der Waals surface area contributed by atoms with Crippen molar-refractivity contribution < 1.29 is 8.42 Å². The van der Waals surface area contributed by atoms with Crippen LogP contribution in [0.15, 0.2) is 29.2 Å². The van der Waals surface area contributed by atoms with E-state index < -0.39 is 10.0 Å². The molecule has 84 valence electrons. The molecule has 1 aromatic carbocycles. The number of rotatable bonds is 5. The number of hydrogen-bond acceptors (Lipinski definition) is 2. The van der Waals surface area contributed by atoms with Crippen LogP contribution in [0, 0.1) is 0 Å². The number of hydrogen-bond donors (Lipinski definition) is 1. The summed E-state index contributed by atoms with van der Waals surface area (Å²) in [6, 6.07) is 6.85. The lowest BCUT2D eigenvalue weighted by Crippen LogP contribution is -2.18. The first-order valence-corrected chi connectivity index (χ1v) is 6.70. The zero-order valence-electron chi connectivity index (χ0n) is 8.53. The fourth-order valence-electron chi connectivity index (χ4n) is 1.22. The molecule has 0 bridgehead atoms. The third kappa shape index (κ3) is 3.48. The highest BCUT2D eigenvalue weighted by Gasteiger charge is 2.09. The SMILES string of the molecule is CNS(=O)(=O)c1ccc(CCCCl)cc1. The van der Waals surface area contributed by atoms with Crippen molar-refractivity contribution in [2.45, 2.75) is 17.7 Å². The lowest BCUT2D eigenvalue weighted by atomic mass is 10.1. The average Bonchev–Trinajstić information content (AvgIpc) is 2.27. The summed E-state index contributed by atoms with van der Waals surface area (Å²) in [6.07, 6.45) is 1.78. The Labute approximate surface area is 95.5 Å². The third-order valence-electron chi connectivity index (χ3n) is 2.10. The van der Waals surface area contributed by atoms with Gasteiger partial charge in [0.2, 0.25) is 10.0 Å². The van der Waals surface area contributed by atoms with Crippen molar-refractivity contribution in [3.05, 3.63) is 29.8 Å². The molecule has 0 radical (unpaired) electrons. The molecule has 0 amide bonds. The van der Waals surface area contributed by atoms with Gasteiger partial charge in [-0.25, -0.2) is 13.1 Å². The van der Waals surface area contributed by atoms with Gasteiger partial charge in [0.15, 0.2) is 0 Å². The van der Waals surface area contributed by atoms with E-state index in [1.807, 2.05) is 12.1 Å². The first-order valence-electron chi connectivity index (χ1n) is 4.68. The van der Waals surface area contributed by atoms with Gasteiger partial charge in [0.05, 0.1) is 4.90 Å². The molecule has 1 aromatic rings. The second kappa shape index (κ2) is 5.49. The summed E-state index contributed by atoms with van der Waals surface area (Å²) < 4.78 is 25.1. The molecule has 1 rings (SSSR count). The van der Waals surface area contributed by atoms with Gasteiger partial charge in [-0.3, -0.25) is 0 Å². The number of aryl methyl sites for hydroxylation is 1. The van der Waals surface area contributed by atoms with Crippen LogP contribution < -0.4 is 4.72 Å². The van der Waals surface area contributed by atoms with Crippen molar-refractivity contribution in [1.29, 1.82) is 0 Å². The standard InChI is InChI=1S/C10H14ClNO2S/c1-12-15(13,14)10-6-4-9(5-7-10)3-2-8-11/h4-7,12H,2-3,8H2,1H3. The molecule has 3 nitrogen and oxygen atoms in total. The van der Waals surface area contributed by atoms with E-state index in [0.717, 1.165) is 18.4 Å². The maximum atomic E-state index is 11.4. The second-order valence-electron chi connectivity index (χ2n) is 3.14. The fraction of sp³-hybridized carbons (Fsp3) is 0.400. The van der Waals surface area contributed by atoms with E-state index in [1.54, 1.807) is 12.1 Å². The van der Waals surface area contributed by atoms with Gasteiger partial charge < -0.3 is 0 Å². The lowest BCUT2D eigenvalue weighted by molar-refractivity contribution is 0.588. The minimum absolute atomic E-state index is 0.291. The number of halogens is 1. The zero-order valence-corrected chi connectivity index (χ0v) is 10.1. The monoisotopic (exact) mass is 247 g/mol. The summed E-state index contributed by atoms with van der Waals surface area (Å²) in [5.41, 5.74) is 1.10. The number of benzene rings is 1. The third-order valence-corrected chi connectivity index (χ3v) is 3.80. The van der Waals surface area contributed by atoms with Crippen LogP contribution in [0.1, 0.15) is 12.0 Å². The quantitative estimate of drug-likeness (QED) is 0.806. The van der Waals surface area contributed by atoms with Gasteiger partial charge in [0, 0.05) is 5.88 Å². The van der Waals surface area contributed by atoms with Crippen molar-refractivity contribution >= 4 is 21.6 Å². The maximum absolute atomic E-state index is 11.4. The van der Waals surface area contributed by atoms with Crippen molar-refractivity contribution in [3.8, 4) is 0 Å². The van der Waals surface area contributed by atoms with E-state index in [9.17, 15) is 8.42 Å². The normalized spacial score (nSPS) is 11.6. The van der Waals surface area contributed by atoms with Crippen LogP contribution in [0.3, 0.4) is 0 Å². The summed E-state index contributed by atoms with van der Waals surface area (Å²) in [5, 5.41) is 0. The molecule has 0 aliphatic carbocycles. The molecule has 0 unspecified atom stereocenters. The number of nitrogens with one attached hydrogen (secondary N) is 1. The van der Waals surface area contributed by atoms with Crippen molar-refractivity contribution in [2.75, 3.05) is 12.9 Å². The molecule has 0 heterocycles. The highest BCUT2D eigenvalue weighted by molar-refractivity contribution is 7.89. The average molecular weight is 248 g/mol. The smallest absolute Gasteiger partial charge is 0.214 e. The van der Waals surface area contributed by atoms with Crippen molar-refractivity contribution in [2.24, 2.45) is 0 Å². The molecule has 1 N–H and O–H groups in total. The molecule has 15 heavy (non-hydrogen) atoms. The lowest BCUT2D eigenvalue weighted by Gasteiger charge is -2.03. The summed E-state index contributed by atoms with van der Waals surface area (Å²) in [6.45, 7) is 0. The Morgan fingerprint density at radius 1 is 1.27 bits per heavy atom.